The maximum atomic E-state index is 13.2. The summed E-state index contributed by atoms with van der Waals surface area (Å²) in [6.45, 7) is 5.66. The highest BCUT2D eigenvalue weighted by Crippen LogP contribution is 2.31. The van der Waals surface area contributed by atoms with Gasteiger partial charge in [-0.05, 0) is 79.8 Å². The Kier molecular flexibility index (Phi) is 8.46. The third-order valence-electron chi connectivity index (χ3n) is 7.63. The lowest BCUT2D eigenvalue weighted by Gasteiger charge is -2.40. The van der Waals surface area contributed by atoms with E-state index in [0.717, 1.165) is 56.9 Å². The molecule has 4 rings (SSSR count). The number of hydrogen-bond acceptors (Lipinski definition) is 5. The fourth-order valence-corrected chi connectivity index (χ4v) is 5.40. The molecule has 1 amide bonds. The Bertz CT molecular complexity index is 1020. The number of anilines is 2. The topological polar surface area (TPSA) is 67.3 Å². The van der Waals surface area contributed by atoms with Crippen molar-refractivity contribution in [2.24, 2.45) is 11.8 Å². The molecule has 2 aliphatic heterocycles. The van der Waals surface area contributed by atoms with Crippen molar-refractivity contribution in [2.45, 2.75) is 19.3 Å². The zero-order valence-corrected chi connectivity index (χ0v) is 21.3. The minimum atomic E-state index is -0.767. The largest absolute Gasteiger partial charge is 0.481 e. The number of amides is 1. The van der Waals surface area contributed by atoms with E-state index in [4.69, 9.17) is 0 Å². The van der Waals surface area contributed by atoms with Crippen LogP contribution >= 0.6 is 0 Å². The molecule has 0 radical (unpaired) electrons. The predicted octanol–water partition coefficient (Wildman–Crippen LogP) is 3.66. The molecule has 36 heavy (non-hydrogen) atoms. The molecule has 2 aromatic carbocycles. The number of likely N-dealkylation sites (tertiary alicyclic amines) is 1. The van der Waals surface area contributed by atoms with Gasteiger partial charge in [0, 0.05) is 76.7 Å². The first kappa shape index (κ1) is 25.9. The van der Waals surface area contributed by atoms with Crippen molar-refractivity contribution in [2.75, 3.05) is 69.7 Å². The monoisotopic (exact) mass is 496 g/mol. The third kappa shape index (κ3) is 6.55. The van der Waals surface area contributed by atoms with Crippen LogP contribution in [0, 0.1) is 17.7 Å². The number of hydrogen-bond donors (Lipinski definition) is 1. The molecule has 0 bridgehead atoms. The lowest BCUT2D eigenvalue weighted by molar-refractivity contribution is -0.139. The van der Waals surface area contributed by atoms with E-state index in [-0.39, 0.29) is 30.0 Å². The summed E-state index contributed by atoms with van der Waals surface area (Å²) >= 11 is 0. The zero-order valence-electron chi connectivity index (χ0n) is 21.3. The number of carbonyl (C=O) groups is 2. The number of benzene rings is 2. The average Bonchev–Trinajstić information content (AvgIpc) is 2.88. The van der Waals surface area contributed by atoms with Gasteiger partial charge in [-0.2, -0.15) is 0 Å². The van der Waals surface area contributed by atoms with Gasteiger partial charge in [0.2, 0.25) is 0 Å². The maximum Gasteiger partial charge on any atom is 0.303 e. The number of halogens is 1. The van der Waals surface area contributed by atoms with Crippen molar-refractivity contribution in [3.8, 4) is 0 Å². The molecule has 0 saturated carbocycles. The molecule has 194 valence electrons. The van der Waals surface area contributed by atoms with Gasteiger partial charge < -0.3 is 19.8 Å². The van der Waals surface area contributed by atoms with Crippen molar-refractivity contribution < 1.29 is 19.1 Å². The van der Waals surface area contributed by atoms with Crippen LogP contribution in [0.5, 0.6) is 0 Å². The van der Waals surface area contributed by atoms with Crippen LogP contribution in [0.4, 0.5) is 15.8 Å². The number of aliphatic carboxylic acids is 1. The van der Waals surface area contributed by atoms with E-state index in [1.807, 2.05) is 60.3 Å². The normalized spacial score (nSPS) is 20.9. The number of piperidine rings is 1. The second kappa shape index (κ2) is 11.7. The molecule has 0 aliphatic carbocycles. The first-order valence-electron chi connectivity index (χ1n) is 12.8. The van der Waals surface area contributed by atoms with Crippen molar-refractivity contribution in [1.82, 2.24) is 9.80 Å². The van der Waals surface area contributed by atoms with Crippen molar-refractivity contribution in [3.63, 3.8) is 0 Å². The first-order valence-corrected chi connectivity index (χ1v) is 12.8. The van der Waals surface area contributed by atoms with Crippen molar-refractivity contribution in [3.05, 3.63) is 59.9 Å². The molecule has 2 fully saturated rings. The van der Waals surface area contributed by atoms with E-state index in [0.29, 0.717) is 18.7 Å². The average molecular weight is 497 g/mol. The number of nitrogens with zero attached hydrogens (tertiary/aromatic N) is 4. The molecule has 2 saturated heterocycles. The van der Waals surface area contributed by atoms with Crippen molar-refractivity contribution >= 4 is 23.3 Å². The molecule has 0 aromatic heterocycles. The Hall–Kier alpha value is -3.13. The van der Waals surface area contributed by atoms with Gasteiger partial charge in [0.1, 0.15) is 5.82 Å². The van der Waals surface area contributed by atoms with E-state index < -0.39 is 5.97 Å². The number of carbonyl (C=O) groups excluding carboxylic acids is 1. The van der Waals surface area contributed by atoms with Gasteiger partial charge in [-0.15, -0.1) is 0 Å². The van der Waals surface area contributed by atoms with Gasteiger partial charge in [-0.25, -0.2) is 4.39 Å². The Morgan fingerprint density at radius 2 is 1.61 bits per heavy atom. The second-order valence-corrected chi connectivity index (χ2v) is 10.2. The van der Waals surface area contributed by atoms with Gasteiger partial charge in [0.05, 0.1) is 0 Å². The highest BCUT2D eigenvalue weighted by molar-refractivity contribution is 5.94. The minimum Gasteiger partial charge on any atom is -0.481 e. The standard InChI is InChI=1S/C28H37FN4O3/c1-30(2)25-7-3-21(4-8-25)28(36)33-14-12-22(19-27(34)35)23(20-33)11-13-31-15-17-32(18-16-31)26-9-5-24(29)6-10-26/h3-10,22-23H,11-20H2,1-2H3,(H,34,35). The molecule has 0 spiro atoms. The third-order valence-corrected chi connectivity index (χ3v) is 7.63. The number of carboxylic acid groups (broad SMARTS) is 1. The van der Waals surface area contributed by atoms with Crippen LogP contribution in [0.25, 0.3) is 0 Å². The van der Waals surface area contributed by atoms with Gasteiger partial charge >= 0.3 is 5.97 Å². The molecular weight excluding hydrogens is 459 g/mol. The Balaban J connectivity index is 1.33. The molecule has 1 N–H and O–H groups in total. The van der Waals surface area contributed by atoms with Crippen LogP contribution in [0.1, 0.15) is 29.6 Å². The summed E-state index contributed by atoms with van der Waals surface area (Å²) in [6, 6.07) is 14.3. The fourth-order valence-electron chi connectivity index (χ4n) is 5.40. The summed E-state index contributed by atoms with van der Waals surface area (Å²) in [5, 5.41) is 9.45. The summed E-state index contributed by atoms with van der Waals surface area (Å²) in [5.41, 5.74) is 2.76. The second-order valence-electron chi connectivity index (χ2n) is 10.2. The Morgan fingerprint density at radius 3 is 2.22 bits per heavy atom. The van der Waals surface area contributed by atoms with Crippen LogP contribution in [-0.2, 0) is 4.79 Å². The summed E-state index contributed by atoms with van der Waals surface area (Å²) in [5.74, 6) is -0.721. The molecular formula is C28H37FN4O3. The van der Waals surface area contributed by atoms with Crippen LogP contribution in [0.2, 0.25) is 0 Å². The predicted molar refractivity (Wildman–Crippen MR) is 140 cm³/mol. The van der Waals surface area contributed by atoms with Crippen LogP contribution in [0.3, 0.4) is 0 Å². The summed E-state index contributed by atoms with van der Waals surface area (Å²) in [6.07, 6.45) is 1.75. The number of rotatable bonds is 8. The fraction of sp³-hybridized carbons (Fsp3) is 0.500. The molecule has 2 aromatic rings. The van der Waals surface area contributed by atoms with Gasteiger partial charge in [0.25, 0.3) is 5.91 Å². The zero-order chi connectivity index (χ0) is 25.7. The van der Waals surface area contributed by atoms with E-state index in [2.05, 4.69) is 9.80 Å². The quantitative estimate of drug-likeness (QED) is 0.602. The van der Waals surface area contributed by atoms with Gasteiger partial charge in [0.15, 0.2) is 0 Å². The van der Waals surface area contributed by atoms with Crippen LogP contribution in [0.15, 0.2) is 48.5 Å². The van der Waals surface area contributed by atoms with Crippen LogP contribution in [-0.4, -0.2) is 86.7 Å². The van der Waals surface area contributed by atoms with E-state index >= 15 is 0 Å². The van der Waals surface area contributed by atoms with E-state index in [1.54, 1.807) is 0 Å². The van der Waals surface area contributed by atoms with E-state index in [1.165, 1.54) is 12.1 Å². The summed E-state index contributed by atoms with van der Waals surface area (Å²) in [4.78, 5) is 33.3. The summed E-state index contributed by atoms with van der Waals surface area (Å²) < 4.78 is 13.2. The molecule has 8 heteroatoms. The molecule has 7 nitrogen and oxygen atoms in total. The van der Waals surface area contributed by atoms with Gasteiger partial charge in [-0.1, -0.05) is 0 Å². The highest BCUT2D eigenvalue weighted by Gasteiger charge is 2.33. The van der Waals surface area contributed by atoms with Crippen molar-refractivity contribution in [1.29, 1.82) is 0 Å². The minimum absolute atomic E-state index is 0.0204. The smallest absolute Gasteiger partial charge is 0.303 e. The maximum absolute atomic E-state index is 13.2. The number of piperazine rings is 1. The van der Waals surface area contributed by atoms with Crippen LogP contribution < -0.4 is 9.80 Å². The Labute approximate surface area is 213 Å². The molecule has 2 heterocycles. The highest BCUT2D eigenvalue weighted by atomic mass is 19.1. The van der Waals surface area contributed by atoms with Gasteiger partial charge in [-0.3, -0.25) is 14.5 Å². The van der Waals surface area contributed by atoms with E-state index in [9.17, 15) is 19.1 Å². The first-order chi connectivity index (χ1) is 17.3. The summed E-state index contributed by atoms with van der Waals surface area (Å²) in [7, 11) is 3.94. The Morgan fingerprint density at radius 1 is 0.944 bits per heavy atom. The molecule has 2 aliphatic rings. The molecule has 2 unspecified atom stereocenters. The molecule has 2 atom stereocenters. The lowest BCUT2D eigenvalue weighted by atomic mass is 9.81. The lowest BCUT2D eigenvalue weighted by Crippen LogP contribution is -2.48. The number of carboxylic acids is 1. The SMILES string of the molecule is CN(C)c1ccc(C(=O)N2CCC(CC(=O)O)C(CCN3CCN(c4ccc(F)cc4)CC3)C2)cc1.